The molecule has 12 nitrogen and oxygen atoms in total. The molecule has 0 bridgehead atoms. The second-order valence-electron chi connectivity index (χ2n) is 7.55. The van der Waals surface area contributed by atoms with E-state index in [1.165, 1.54) is 24.3 Å². The standard InChI is InChI=1S/C16H14N2O5.C6H13NO2.BH2O2/c19-15(12-6-8-13(9-7-12)18(22)23)17-14(16(20)21)10-11-4-2-1-3-5-11;1-4(2)3-5(7)6(8)9;2-1-3/h1-9,14H,10H2,(H,17,19)(H,20,21);4-5H,3,7H2,1-2H3,(H,8,9);2-3H/t14-;5-;/m00./s1. The smallest absolute Gasteiger partial charge is 0.480 e. The number of non-ortho nitro benzene ring substituents is 1. The molecule has 2 atom stereocenters. The lowest BCUT2D eigenvalue weighted by molar-refractivity contribution is -0.384. The van der Waals surface area contributed by atoms with Gasteiger partial charge in [0.15, 0.2) is 0 Å². The van der Waals surface area contributed by atoms with E-state index in [2.05, 4.69) is 5.32 Å². The van der Waals surface area contributed by atoms with Gasteiger partial charge < -0.3 is 31.3 Å². The lowest BCUT2D eigenvalue weighted by Gasteiger charge is -2.14. The van der Waals surface area contributed by atoms with Crippen molar-refractivity contribution in [1.29, 1.82) is 0 Å². The quantitative estimate of drug-likeness (QED) is 0.166. The van der Waals surface area contributed by atoms with Crippen molar-refractivity contribution in [3.8, 4) is 0 Å². The number of nitrogens with one attached hydrogen (secondary N) is 1. The minimum atomic E-state index is -1.15. The molecule has 0 saturated carbocycles. The number of carbonyl (C=O) groups is 3. The zero-order valence-corrected chi connectivity index (χ0v) is 19.3. The summed E-state index contributed by atoms with van der Waals surface area (Å²) in [5.74, 6) is -2.30. The van der Waals surface area contributed by atoms with E-state index in [0.29, 0.717) is 12.3 Å². The van der Waals surface area contributed by atoms with E-state index in [1.807, 2.05) is 19.9 Å². The molecule has 189 valence electrons. The van der Waals surface area contributed by atoms with Crippen LogP contribution in [0.1, 0.15) is 36.2 Å². The number of carboxylic acids is 2. The maximum absolute atomic E-state index is 12.1. The molecule has 13 heteroatoms. The molecule has 0 aliphatic carbocycles. The molecule has 0 fully saturated rings. The van der Waals surface area contributed by atoms with Gasteiger partial charge in [-0.05, 0) is 30.0 Å². The molecule has 0 aliphatic rings. The Balaban J connectivity index is 0.000000806. The van der Waals surface area contributed by atoms with Crippen LogP contribution in [0.25, 0.3) is 0 Å². The van der Waals surface area contributed by atoms with E-state index in [9.17, 15) is 29.6 Å². The summed E-state index contributed by atoms with van der Waals surface area (Å²) in [6, 6.07) is 12.1. The molecule has 2 rings (SSSR count). The first-order valence-corrected chi connectivity index (χ1v) is 10.3. The number of carbonyl (C=O) groups excluding carboxylic acids is 1. The summed E-state index contributed by atoms with van der Waals surface area (Å²) in [6.45, 7) is 3.89. The van der Waals surface area contributed by atoms with Crippen LogP contribution in [0.15, 0.2) is 54.6 Å². The summed E-state index contributed by atoms with van der Waals surface area (Å²) in [5.41, 5.74) is 6.02. The molecule has 0 aliphatic heterocycles. The Kier molecular flexibility index (Phi) is 14.9. The molecule has 1 amide bonds. The van der Waals surface area contributed by atoms with Crippen LogP contribution in [0.3, 0.4) is 0 Å². The average Bonchev–Trinajstić information content (AvgIpc) is 2.79. The van der Waals surface area contributed by atoms with Gasteiger partial charge in [0.05, 0.1) is 4.92 Å². The predicted molar refractivity (Wildman–Crippen MR) is 127 cm³/mol. The first kappa shape index (κ1) is 31.2. The third kappa shape index (κ3) is 13.5. The SMILES string of the molecule is CC(C)C[C@H](N)C(=O)O.O=C(N[C@@H](Cc1ccccc1)C(=O)O)c1ccc([N+](=O)[O-])cc1.O[B]O. The van der Waals surface area contributed by atoms with Crippen molar-refractivity contribution in [1.82, 2.24) is 5.32 Å². The number of hydrogen-bond donors (Lipinski definition) is 6. The average molecular weight is 490 g/mol. The summed E-state index contributed by atoms with van der Waals surface area (Å²) in [7, 11) is 0. The highest BCUT2D eigenvalue weighted by Gasteiger charge is 2.21. The van der Waals surface area contributed by atoms with Gasteiger partial charge in [0.25, 0.3) is 11.6 Å². The van der Waals surface area contributed by atoms with E-state index in [1.54, 1.807) is 24.3 Å². The third-order valence-electron chi connectivity index (χ3n) is 4.27. The number of aliphatic carboxylic acids is 2. The minimum Gasteiger partial charge on any atom is -0.480 e. The van der Waals surface area contributed by atoms with Crippen LogP contribution in [-0.2, 0) is 16.0 Å². The number of carboxylic acid groups (broad SMARTS) is 2. The highest BCUT2D eigenvalue weighted by atomic mass is 16.6. The number of nitrogens with two attached hydrogens (primary N) is 1. The fourth-order valence-electron chi connectivity index (χ4n) is 2.63. The third-order valence-corrected chi connectivity index (χ3v) is 4.27. The fraction of sp³-hybridized carbons (Fsp3) is 0.318. The van der Waals surface area contributed by atoms with Gasteiger partial charge in [-0.2, -0.15) is 0 Å². The van der Waals surface area contributed by atoms with Crippen LogP contribution in [-0.4, -0.2) is 62.8 Å². The van der Waals surface area contributed by atoms with Crippen molar-refractivity contribution in [3.05, 3.63) is 75.8 Å². The Labute approximate surface area is 202 Å². The molecule has 2 aromatic rings. The summed E-state index contributed by atoms with van der Waals surface area (Å²) >= 11 is 0. The number of nitrogens with zero attached hydrogens (tertiary/aromatic N) is 1. The Hall–Kier alpha value is -3.81. The Morgan fingerprint density at radius 3 is 1.89 bits per heavy atom. The Morgan fingerprint density at radius 1 is 1.00 bits per heavy atom. The highest BCUT2D eigenvalue weighted by Crippen LogP contribution is 2.12. The first-order valence-electron chi connectivity index (χ1n) is 10.3. The van der Waals surface area contributed by atoms with Crippen molar-refractivity contribution in [2.75, 3.05) is 0 Å². The number of nitro groups is 1. The molecule has 0 spiro atoms. The summed E-state index contributed by atoms with van der Waals surface area (Å²) in [5, 5.41) is 44.6. The second kappa shape index (κ2) is 16.8. The second-order valence-corrected chi connectivity index (χ2v) is 7.55. The molecular formula is C22H29BN3O9. The molecule has 0 unspecified atom stereocenters. The van der Waals surface area contributed by atoms with Crippen LogP contribution in [0.4, 0.5) is 5.69 Å². The number of nitro benzene ring substituents is 1. The van der Waals surface area contributed by atoms with Crippen molar-refractivity contribution < 1.29 is 39.6 Å². The minimum absolute atomic E-state index is 0. The van der Waals surface area contributed by atoms with E-state index >= 15 is 0 Å². The lowest BCUT2D eigenvalue weighted by atomic mass is 10.1. The Morgan fingerprint density at radius 2 is 1.51 bits per heavy atom. The van der Waals surface area contributed by atoms with E-state index < -0.39 is 34.9 Å². The van der Waals surface area contributed by atoms with Crippen molar-refractivity contribution >= 4 is 31.2 Å². The number of benzene rings is 2. The zero-order valence-electron chi connectivity index (χ0n) is 19.3. The highest BCUT2D eigenvalue weighted by molar-refractivity contribution is 6.13. The number of hydrogen-bond acceptors (Lipinski definition) is 8. The number of amides is 1. The van der Waals surface area contributed by atoms with Crippen LogP contribution < -0.4 is 11.1 Å². The van der Waals surface area contributed by atoms with Crippen molar-refractivity contribution in [2.24, 2.45) is 11.7 Å². The van der Waals surface area contributed by atoms with Gasteiger partial charge in [-0.1, -0.05) is 44.2 Å². The van der Waals surface area contributed by atoms with Crippen LogP contribution in [0, 0.1) is 16.0 Å². The molecule has 0 aromatic heterocycles. The molecule has 1 radical (unpaired) electrons. The topological polar surface area (TPSA) is 213 Å². The molecule has 35 heavy (non-hydrogen) atoms. The number of rotatable bonds is 9. The monoisotopic (exact) mass is 490 g/mol. The molecule has 0 heterocycles. The van der Waals surface area contributed by atoms with Crippen LogP contribution in [0.2, 0.25) is 0 Å². The van der Waals surface area contributed by atoms with Crippen LogP contribution >= 0.6 is 0 Å². The van der Waals surface area contributed by atoms with E-state index in [0.717, 1.165) is 5.56 Å². The Bertz CT molecular complexity index is 941. The lowest BCUT2D eigenvalue weighted by Crippen LogP contribution is -2.42. The maximum atomic E-state index is 12.1. The predicted octanol–water partition coefficient (Wildman–Crippen LogP) is 0.970. The fourth-order valence-corrected chi connectivity index (χ4v) is 2.63. The van der Waals surface area contributed by atoms with Gasteiger partial charge in [-0.15, -0.1) is 0 Å². The normalized spacial score (nSPS) is 11.5. The molecule has 0 saturated heterocycles. The summed E-state index contributed by atoms with van der Waals surface area (Å²) in [6.07, 6.45) is 0.699. The van der Waals surface area contributed by atoms with E-state index in [-0.39, 0.29) is 25.4 Å². The van der Waals surface area contributed by atoms with Crippen LogP contribution in [0.5, 0.6) is 0 Å². The summed E-state index contributed by atoms with van der Waals surface area (Å²) in [4.78, 5) is 43.5. The van der Waals surface area contributed by atoms with Crippen molar-refractivity contribution in [3.63, 3.8) is 0 Å². The van der Waals surface area contributed by atoms with Gasteiger partial charge >= 0.3 is 19.6 Å². The van der Waals surface area contributed by atoms with E-state index in [4.69, 9.17) is 20.9 Å². The van der Waals surface area contributed by atoms with Crippen molar-refractivity contribution in [2.45, 2.75) is 38.8 Å². The maximum Gasteiger partial charge on any atom is 0.482 e. The first-order chi connectivity index (χ1) is 16.4. The molecular weight excluding hydrogens is 461 g/mol. The van der Waals surface area contributed by atoms with Gasteiger partial charge in [0.1, 0.15) is 12.1 Å². The van der Waals surface area contributed by atoms with Gasteiger partial charge in [0, 0.05) is 24.1 Å². The van der Waals surface area contributed by atoms with Gasteiger partial charge in [-0.25, -0.2) is 4.79 Å². The van der Waals surface area contributed by atoms with Gasteiger partial charge in [0.2, 0.25) is 0 Å². The zero-order chi connectivity index (χ0) is 27.0. The largest absolute Gasteiger partial charge is 0.482 e. The summed E-state index contributed by atoms with van der Waals surface area (Å²) < 4.78 is 0. The van der Waals surface area contributed by atoms with Gasteiger partial charge in [-0.3, -0.25) is 19.7 Å². The molecule has 2 aromatic carbocycles. The molecule has 7 N–H and O–H groups in total.